The molecular formula is C15H20O5. The lowest BCUT2D eigenvalue weighted by Crippen LogP contribution is -2.46. The van der Waals surface area contributed by atoms with Crippen LogP contribution in [-0.4, -0.2) is 27.9 Å². The second kappa shape index (κ2) is 5.04. The highest BCUT2D eigenvalue weighted by molar-refractivity contribution is 6.01. The van der Waals surface area contributed by atoms with E-state index in [0.717, 1.165) is 12.8 Å². The molecule has 1 fully saturated rings. The van der Waals surface area contributed by atoms with E-state index in [4.69, 9.17) is 5.11 Å². The Morgan fingerprint density at radius 2 is 2.00 bits per heavy atom. The minimum absolute atomic E-state index is 0.00888. The largest absolute Gasteiger partial charge is 0.481 e. The van der Waals surface area contributed by atoms with Crippen molar-refractivity contribution in [1.82, 2.24) is 0 Å². The van der Waals surface area contributed by atoms with Crippen molar-refractivity contribution in [1.29, 1.82) is 0 Å². The van der Waals surface area contributed by atoms with Crippen molar-refractivity contribution >= 4 is 17.7 Å². The van der Waals surface area contributed by atoms with E-state index in [1.165, 1.54) is 6.92 Å². The molecule has 0 heterocycles. The van der Waals surface area contributed by atoms with Crippen LogP contribution in [-0.2, 0) is 14.4 Å². The van der Waals surface area contributed by atoms with E-state index in [1.54, 1.807) is 6.08 Å². The van der Waals surface area contributed by atoms with Gasteiger partial charge in [0.1, 0.15) is 0 Å². The van der Waals surface area contributed by atoms with Gasteiger partial charge in [0.2, 0.25) is 0 Å². The number of hydrogen-bond donors (Lipinski definition) is 2. The van der Waals surface area contributed by atoms with Crippen molar-refractivity contribution in [3.05, 3.63) is 11.6 Å². The molecule has 2 aliphatic carbocycles. The molecule has 0 amide bonds. The summed E-state index contributed by atoms with van der Waals surface area (Å²) in [4.78, 5) is 34.7. The molecule has 0 spiro atoms. The number of allylic oxidation sites excluding steroid dienone is 1. The first-order valence-corrected chi connectivity index (χ1v) is 6.99. The van der Waals surface area contributed by atoms with Gasteiger partial charge in [-0.15, -0.1) is 0 Å². The predicted molar refractivity (Wildman–Crippen MR) is 71.1 cm³/mol. The first kappa shape index (κ1) is 14.8. The molecule has 2 N–H and O–H groups in total. The van der Waals surface area contributed by atoms with E-state index in [9.17, 15) is 19.5 Å². The monoisotopic (exact) mass is 280 g/mol. The van der Waals surface area contributed by atoms with Gasteiger partial charge in [0, 0.05) is 17.4 Å². The Morgan fingerprint density at radius 3 is 2.55 bits per heavy atom. The molecule has 4 atom stereocenters. The molecule has 5 heteroatoms. The van der Waals surface area contributed by atoms with Gasteiger partial charge in [0.05, 0.1) is 11.8 Å². The Morgan fingerprint density at radius 1 is 1.35 bits per heavy atom. The van der Waals surface area contributed by atoms with Crippen LogP contribution in [0.1, 0.15) is 39.5 Å². The van der Waals surface area contributed by atoms with Gasteiger partial charge in [0.15, 0.2) is 5.78 Å². The van der Waals surface area contributed by atoms with E-state index in [0.29, 0.717) is 6.42 Å². The Bertz CT molecular complexity index is 492. The van der Waals surface area contributed by atoms with Gasteiger partial charge in [-0.2, -0.15) is 0 Å². The number of carbonyl (C=O) groups is 3. The molecule has 4 unspecified atom stereocenters. The van der Waals surface area contributed by atoms with Crippen molar-refractivity contribution in [3.63, 3.8) is 0 Å². The molecule has 110 valence electrons. The van der Waals surface area contributed by atoms with Crippen LogP contribution in [0.5, 0.6) is 0 Å². The minimum atomic E-state index is -1.05. The standard InChI is InChI=1S/C15H20O5/c1-8(13(17)18)10-7-15(2)9(6-12(10)16)4-3-5-11(15)14(19)20/h7-9,11H,3-6H2,1-2H3,(H,17,18)(H,19,20). The second-order valence-corrected chi connectivity index (χ2v) is 6.17. The van der Waals surface area contributed by atoms with E-state index in [2.05, 4.69) is 0 Å². The van der Waals surface area contributed by atoms with Gasteiger partial charge in [-0.1, -0.05) is 19.4 Å². The van der Waals surface area contributed by atoms with Gasteiger partial charge in [-0.3, -0.25) is 14.4 Å². The number of carboxylic acid groups (broad SMARTS) is 2. The molecule has 0 bridgehead atoms. The number of aliphatic carboxylic acids is 2. The fourth-order valence-electron chi connectivity index (χ4n) is 3.66. The van der Waals surface area contributed by atoms with Crippen LogP contribution in [0, 0.1) is 23.2 Å². The summed E-state index contributed by atoms with van der Waals surface area (Å²) in [5.41, 5.74) is -0.346. The zero-order valence-corrected chi connectivity index (χ0v) is 11.8. The lowest BCUT2D eigenvalue weighted by atomic mass is 9.56. The smallest absolute Gasteiger partial charge is 0.310 e. The van der Waals surface area contributed by atoms with Gasteiger partial charge in [0.25, 0.3) is 0 Å². The third kappa shape index (κ3) is 2.25. The number of Topliss-reactive ketones (excluding diaryl/α,β-unsaturated/α-hetero) is 1. The third-order valence-corrected chi connectivity index (χ3v) is 5.03. The number of hydrogen-bond acceptors (Lipinski definition) is 3. The van der Waals surface area contributed by atoms with Gasteiger partial charge < -0.3 is 10.2 Å². The van der Waals surface area contributed by atoms with E-state index >= 15 is 0 Å². The zero-order chi connectivity index (χ0) is 15.1. The van der Waals surface area contributed by atoms with Crippen molar-refractivity contribution in [2.45, 2.75) is 39.5 Å². The third-order valence-electron chi connectivity index (χ3n) is 5.03. The normalized spacial score (nSPS) is 34.9. The van der Waals surface area contributed by atoms with Crippen molar-refractivity contribution in [2.75, 3.05) is 0 Å². The van der Waals surface area contributed by atoms with Crippen LogP contribution in [0.15, 0.2) is 11.6 Å². The number of rotatable bonds is 3. The number of ketones is 1. The first-order valence-electron chi connectivity index (χ1n) is 6.99. The molecule has 2 rings (SSSR count). The van der Waals surface area contributed by atoms with E-state index in [-0.39, 0.29) is 23.7 Å². The average Bonchev–Trinajstić information content (AvgIpc) is 2.36. The summed E-state index contributed by atoms with van der Waals surface area (Å²) in [6.07, 6.45) is 4.14. The second-order valence-electron chi connectivity index (χ2n) is 6.17. The van der Waals surface area contributed by atoms with Crippen LogP contribution in [0.2, 0.25) is 0 Å². The summed E-state index contributed by atoms with van der Waals surface area (Å²) in [6, 6.07) is 0. The van der Waals surface area contributed by atoms with Crippen LogP contribution >= 0.6 is 0 Å². The quantitative estimate of drug-likeness (QED) is 0.826. The summed E-state index contributed by atoms with van der Waals surface area (Å²) in [6.45, 7) is 3.34. The summed E-state index contributed by atoms with van der Waals surface area (Å²) < 4.78 is 0. The fourth-order valence-corrected chi connectivity index (χ4v) is 3.66. The zero-order valence-electron chi connectivity index (χ0n) is 11.8. The van der Waals surface area contributed by atoms with Crippen LogP contribution < -0.4 is 0 Å². The van der Waals surface area contributed by atoms with E-state index < -0.39 is 29.2 Å². The molecule has 0 aromatic rings. The van der Waals surface area contributed by atoms with E-state index in [1.807, 2.05) is 6.92 Å². The maximum atomic E-state index is 12.1. The molecule has 5 nitrogen and oxygen atoms in total. The molecule has 0 saturated heterocycles. The van der Waals surface area contributed by atoms with Crippen molar-refractivity contribution in [2.24, 2.45) is 23.2 Å². The molecule has 0 aromatic carbocycles. The summed E-state index contributed by atoms with van der Waals surface area (Å²) >= 11 is 0. The SMILES string of the molecule is CC(C(=O)O)C1=CC2(C)C(CCCC2C(=O)O)CC1=O. The van der Waals surface area contributed by atoms with Gasteiger partial charge in [-0.25, -0.2) is 0 Å². The number of carbonyl (C=O) groups excluding carboxylic acids is 1. The number of carboxylic acids is 2. The lowest BCUT2D eigenvalue weighted by molar-refractivity contribution is -0.149. The molecule has 0 aliphatic heterocycles. The minimum Gasteiger partial charge on any atom is -0.481 e. The Balaban J connectivity index is 2.46. The molecule has 0 aromatic heterocycles. The van der Waals surface area contributed by atoms with Gasteiger partial charge >= 0.3 is 11.9 Å². The number of fused-ring (bicyclic) bond motifs is 1. The molecule has 2 aliphatic rings. The summed E-state index contributed by atoms with van der Waals surface area (Å²) in [7, 11) is 0. The Hall–Kier alpha value is -1.65. The van der Waals surface area contributed by atoms with Crippen molar-refractivity contribution < 1.29 is 24.6 Å². The summed E-state index contributed by atoms with van der Waals surface area (Å²) in [5, 5.41) is 18.5. The molecule has 0 radical (unpaired) electrons. The summed E-state index contributed by atoms with van der Waals surface area (Å²) in [5.74, 6) is -3.45. The van der Waals surface area contributed by atoms with Crippen LogP contribution in [0.4, 0.5) is 0 Å². The Kier molecular flexibility index (Phi) is 3.71. The highest BCUT2D eigenvalue weighted by Crippen LogP contribution is 2.51. The average molecular weight is 280 g/mol. The molecular weight excluding hydrogens is 260 g/mol. The first-order chi connectivity index (χ1) is 9.27. The Labute approximate surface area is 117 Å². The lowest BCUT2D eigenvalue weighted by Gasteiger charge is -2.46. The predicted octanol–water partition coefficient (Wildman–Crippen LogP) is 2.11. The fraction of sp³-hybridized carbons (Fsp3) is 0.667. The highest BCUT2D eigenvalue weighted by Gasteiger charge is 2.50. The molecule has 1 saturated carbocycles. The van der Waals surface area contributed by atoms with Crippen LogP contribution in [0.25, 0.3) is 0 Å². The maximum absolute atomic E-state index is 12.1. The van der Waals surface area contributed by atoms with Crippen LogP contribution in [0.3, 0.4) is 0 Å². The molecule has 20 heavy (non-hydrogen) atoms. The maximum Gasteiger partial charge on any atom is 0.310 e. The van der Waals surface area contributed by atoms with Gasteiger partial charge in [-0.05, 0) is 25.7 Å². The topological polar surface area (TPSA) is 91.7 Å². The van der Waals surface area contributed by atoms with Crippen molar-refractivity contribution in [3.8, 4) is 0 Å². The highest BCUT2D eigenvalue weighted by atomic mass is 16.4.